The number of nitrogens with zero attached hydrogens (tertiary/aromatic N) is 4. The quantitative estimate of drug-likeness (QED) is 0.495. The van der Waals surface area contributed by atoms with Crippen molar-refractivity contribution in [2.24, 2.45) is 0 Å². The zero-order chi connectivity index (χ0) is 20.8. The Morgan fingerprint density at radius 3 is 2.70 bits per heavy atom. The van der Waals surface area contributed by atoms with E-state index in [1.807, 2.05) is 37.3 Å². The average molecular weight is 401 g/mol. The summed E-state index contributed by atoms with van der Waals surface area (Å²) in [5.41, 5.74) is 2.50. The molecule has 1 aromatic carbocycles. The molecule has 4 aromatic rings. The molecule has 0 aliphatic heterocycles. The molecule has 0 saturated heterocycles. The Balaban J connectivity index is 1.28. The van der Waals surface area contributed by atoms with E-state index in [0.29, 0.717) is 35.5 Å². The summed E-state index contributed by atoms with van der Waals surface area (Å²) >= 11 is 0. The Bertz CT molecular complexity index is 1110. The predicted molar refractivity (Wildman–Crippen MR) is 110 cm³/mol. The fraction of sp³-hybridized carbons (Fsp3) is 0.136. The second-order valence-corrected chi connectivity index (χ2v) is 6.60. The lowest BCUT2D eigenvalue weighted by Gasteiger charge is -2.07. The molecule has 0 spiro atoms. The predicted octanol–water partition coefficient (Wildman–Crippen LogP) is 4.20. The summed E-state index contributed by atoms with van der Waals surface area (Å²) in [7, 11) is 0. The standard InChI is InChI=1S/C22H19N5O3/c1-15-4-7-18(8-5-15)29-20-10-6-17(14-24-20)25-19(28)9-11-21-26-22(27-30-21)16-3-2-12-23-13-16/h2-8,10,12-14H,9,11H2,1H3,(H,25,28). The van der Waals surface area contributed by atoms with Gasteiger partial charge in [-0.3, -0.25) is 9.78 Å². The minimum atomic E-state index is -0.176. The van der Waals surface area contributed by atoms with Crippen LogP contribution in [0.25, 0.3) is 11.4 Å². The molecule has 0 saturated carbocycles. The van der Waals surface area contributed by atoms with Crippen LogP contribution in [0.2, 0.25) is 0 Å². The van der Waals surface area contributed by atoms with E-state index in [-0.39, 0.29) is 12.3 Å². The van der Waals surface area contributed by atoms with Crippen LogP contribution in [0.4, 0.5) is 5.69 Å². The van der Waals surface area contributed by atoms with Crippen molar-refractivity contribution in [3.63, 3.8) is 0 Å². The van der Waals surface area contributed by atoms with E-state index in [1.54, 1.807) is 36.8 Å². The maximum atomic E-state index is 12.2. The Morgan fingerprint density at radius 1 is 1.10 bits per heavy atom. The highest BCUT2D eigenvalue weighted by Gasteiger charge is 2.11. The van der Waals surface area contributed by atoms with Crippen molar-refractivity contribution in [1.82, 2.24) is 20.1 Å². The lowest BCUT2D eigenvalue weighted by Crippen LogP contribution is -2.12. The molecular weight excluding hydrogens is 382 g/mol. The van der Waals surface area contributed by atoms with E-state index in [9.17, 15) is 4.79 Å². The Labute approximate surface area is 173 Å². The summed E-state index contributed by atoms with van der Waals surface area (Å²) < 4.78 is 10.9. The highest BCUT2D eigenvalue weighted by Crippen LogP contribution is 2.21. The highest BCUT2D eigenvalue weighted by molar-refractivity contribution is 5.90. The van der Waals surface area contributed by atoms with Crippen molar-refractivity contribution in [3.8, 4) is 23.0 Å². The van der Waals surface area contributed by atoms with E-state index in [0.717, 1.165) is 11.1 Å². The SMILES string of the molecule is Cc1ccc(Oc2ccc(NC(=O)CCc3nc(-c4cccnc4)no3)cn2)cc1. The number of carbonyl (C=O) groups excluding carboxylic acids is 1. The molecule has 3 heterocycles. The van der Waals surface area contributed by atoms with Crippen LogP contribution < -0.4 is 10.1 Å². The van der Waals surface area contributed by atoms with Gasteiger partial charge in [-0.2, -0.15) is 4.98 Å². The summed E-state index contributed by atoms with van der Waals surface area (Å²) in [6.07, 6.45) is 5.41. The van der Waals surface area contributed by atoms with Crippen LogP contribution in [0, 0.1) is 6.92 Å². The van der Waals surface area contributed by atoms with E-state index in [1.165, 1.54) is 0 Å². The molecule has 0 bridgehead atoms. The topological polar surface area (TPSA) is 103 Å². The summed E-state index contributed by atoms with van der Waals surface area (Å²) in [4.78, 5) is 24.7. The normalized spacial score (nSPS) is 10.6. The molecule has 1 N–H and O–H groups in total. The van der Waals surface area contributed by atoms with Crippen LogP contribution in [0.3, 0.4) is 0 Å². The van der Waals surface area contributed by atoms with Gasteiger partial charge in [0.15, 0.2) is 0 Å². The second kappa shape index (κ2) is 8.95. The molecule has 0 unspecified atom stereocenters. The first-order chi connectivity index (χ1) is 14.7. The lowest BCUT2D eigenvalue weighted by atomic mass is 10.2. The first kappa shape index (κ1) is 19.3. The molecule has 0 fully saturated rings. The zero-order valence-corrected chi connectivity index (χ0v) is 16.3. The largest absolute Gasteiger partial charge is 0.439 e. The first-order valence-electron chi connectivity index (χ1n) is 9.39. The maximum Gasteiger partial charge on any atom is 0.227 e. The zero-order valence-electron chi connectivity index (χ0n) is 16.3. The van der Waals surface area contributed by atoms with Gasteiger partial charge in [0.2, 0.25) is 23.5 Å². The van der Waals surface area contributed by atoms with E-state index in [2.05, 4.69) is 25.4 Å². The molecule has 0 aliphatic rings. The van der Waals surface area contributed by atoms with Crippen LogP contribution in [-0.4, -0.2) is 26.0 Å². The van der Waals surface area contributed by atoms with E-state index >= 15 is 0 Å². The van der Waals surface area contributed by atoms with Crippen molar-refractivity contribution in [2.75, 3.05) is 5.32 Å². The fourth-order valence-corrected chi connectivity index (χ4v) is 2.65. The molecule has 3 aromatic heterocycles. The van der Waals surface area contributed by atoms with Crippen LogP contribution in [0.15, 0.2) is 71.6 Å². The van der Waals surface area contributed by atoms with Crippen LogP contribution >= 0.6 is 0 Å². The molecule has 4 rings (SSSR count). The number of benzene rings is 1. The molecular formula is C22H19N5O3. The van der Waals surface area contributed by atoms with Gasteiger partial charge in [0.25, 0.3) is 0 Å². The molecule has 30 heavy (non-hydrogen) atoms. The van der Waals surface area contributed by atoms with Gasteiger partial charge in [0.05, 0.1) is 11.9 Å². The summed E-state index contributed by atoms with van der Waals surface area (Å²) in [5.74, 6) is 1.82. The van der Waals surface area contributed by atoms with Crippen molar-refractivity contribution in [2.45, 2.75) is 19.8 Å². The third-order valence-corrected chi connectivity index (χ3v) is 4.22. The minimum absolute atomic E-state index is 0.176. The number of aryl methyl sites for hydroxylation is 2. The van der Waals surface area contributed by atoms with Gasteiger partial charge in [0, 0.05) is 36.9 Å². The van der Waals surface area contributed by atoms with Gasteiger partial charge in [-0.05, 0) is 37.3 Å². The number of hydrogen-bond acceptors (Lipinski definition) is 7. The lowest BCUT2D eigenvalue weighted by molar-refractivity contribution is -0.116. The van der Waals surface area contributed by atoms with E-state index < -0.39 is 0 Å². The third kappa shape index (κ3) is 5.05. The van der Waals surface area contributed by atoms with Crippen LogP contribution in [0.5, 0.6) is 11.6 Å². The highest BCUT2D eigenvalue weighted by atomic mass is 16.5. The molecule has 8 heteroatoms. The van der Waals surface area contributed by atoms with Gasteiger partial charge in [-0.25, -0.2) is 4.98 Å². The third-order valence-electron chi connectivity index (χ3n) is 4.22. The van der Waals surface area contributed by atoms with E-state index in [4.69, 9.17) is 9.26 Å². The maximum absolute atomic E-state index is 12.2. The van der Waals surface area contributed by atoms with Crippen molar-refractivity contribution in [3.05, 3.63) is 78.6 Å². The van der Waals surface area contributed by atoms with Gasteiger partial charge >= 0.3 is 0 Å². The van der Waals surface area contributed by atoms with Crippen LogP contribution in [-0.2, 0) is 11.2 Å². The summed E-state index contributed by atoms with van der Waals surface area (Å²) in [6.45, 7) is 2.01. The summed E-state index contributed by atoms with van der Waals surface area (Å²) in [5, 5.41) is 6.71. The van der Waals surface area contributed by atoms with Gasteiger partial charge < -0.3 is 14.6 Å². The fourth-order valence-electron chi connectivity index (χ4n) is 2.65. The number of hydrogen-bond donors (Lipinski definition) is 1. The second-order valence-electron chi connectivity index (χ2n) is 6.60. The van der Waals surface area contributed by atoms with Gasteiger partial charge in [0.1, 0.15) is 5.75 Å². The minimum Gasteiger partial charge on any atom is -0.439 e. The monoisotopic (exact) mass is 401 g/mol. The molecule has 1 amide bonds. The van der Waals surface area contributed by atoms with Crippen molar-refractivity contribution in [1.29, 1.82) is 0 Å². The number of rotatable bonds is 7. The number of pyridine rings is 2. The first-order valence-corrected chi connectivity index (χ1v) is 9.39. The number of amides is 1. The smallest absolute Gasteiger partial charge is 0.227 e. The molecule has 150 valence electrons. The Morgan fingerprint density at radius 2 is 1.97 bits per heavy atom. The van der Waals surface area contributed by atoms with Gasteiger partial charge in [-0.15, -0.1) is 0 Å². The number of anilines is 1. The number of carbonyl (C=O) groups is 1. The molecule has 0 atom stereocenters. The number of ether oxygens (including phenoxy) is 1. The van der Waals surface area contributed by atoms with Crippen LogP contribution in [0.1, 0.15) is 17.9 Å². The molecule has 8 nitrogen and oxygen atoms in total. The number of aromatic nitrogens is 4. The Kier molecular flexibility index (Phi) is 5.75. The van der Waals surface area contributed by atoms with Crippen molar-refractivity contribution < 1.29 is 14.1 Å². The molecule has 0 aliphatic carbocycles. The van der Waals surface area contributed by atoms with Crippen molar-refractivity contribution >= 4 is 11.6 Å². The summed E-state index contributed by atoms with van der Waals surface area (Å²) in [6, 6.07) is 14.8. The number of nitrogens with one attached hydrogen (secondary N) is 1. The Hall–Kier alpha value is -4.07. The molecule has 0 radical (unpaired) electrons. The van der Waals surface area contributed by atoms with Gasteiger partial charge in [-0.1, -0.05) is 22.9 Å². The average Bonchev–Trinajstić information content (AvgIpc) is 3.25.